The molecule has 0 saturated heterocycles. The topological polar surface area (TPSA) is 51.1 Å². The second-order valence-corrected chi connectivity index (χ2v) is 8.43. The van der Waals surface area contributed by atoms with E-state index in [9.17, 15) is 21.6 Å². The number of fused-ring (bicyclic) bond motifs is 1. The van der Waals surface area contributed by atoms with Gasteiger partial charge in [-0.2, -0.15) is 0 Å². The minimum atomic E-state index is -4.41. The quantitative estimate of drug-likeness (QED) is 0.712. The Balaban J connectivity index is 2.01. The number of benzene rings is 2. The van der Waals surface area contributed by atoms with E-state index in [1.165, 1.54) is 24.4 Å². The van der Waals surface area contributed by atoms with E-state index in [-0.39, 0.29) is 17.3 Å². The van der Waals surface area contributed by atoms with Crippen molar-refractivity contribution in [2.45, 2.75) is 23.8 Å². The fraction of sp³-hybridized carbons (Fsp3) is 0.200. The Bertz CT molecular complexity index is 1170. The highest BCUT2D eigenvalue weighted by Crippen LogP contribution is 2.41. The minimum Gasteiger partial charge on any atom is -0.313 e. The fourth-order valence-corrected chi connectivity index (χ4v) is 5.22. The average molecular weight is 406 g/mol. The molecule has 28 heavy (non-hydrogen) atoms. The normalized spacial score (nSPS) is 16.4. The standard InChI is InChI=1S/C20H17F3N2O2S/c1-24-18-8-7-13-15(18)11-25(20(13)14-4-2-3-5-16(14)22)28(26,27)19-9-6-12(21)10-17(19)23/h2-6,9-11,18,24H,7-8H2,1H3. The summed E-state index contributed by atoms with van der Waals surface area (Å²) in [6, 6.07) is 8.05. The first-order valence-electron chi connectivity index (χ1n) is 8.71. The summed E-state index contributed by atoms with van der Waals surface area (Å²) < 4.78 is 69.5. The Morgan fingerprint density at radius 3 is 2.50 bits per heavy atom. The lowest BCUT2D eigenvalue weighted by molar-refractivity contribution is 0.545. The van der Waals surface area contributed by atoms with Crippen molar-refractivity contribution in [2.75, 3.05) is 7.05 Å². The van der Waals surface area contributed by atoms with E-state index in [4.69, 9.17) is 0 Å². The zero-order chi connectivity index (χ0) is 20.1. The summed E-state index contributed by atoms with van der Waals surface area (Å²) in [4.78, 5) is -0.666. The van der Waals surface area contributed by atoms with Crippen molar-refractivity contribution in [3.8, 4) is 11.3 Å². The maximum absolute atomic E-state index is 14.6. The lowest BCUT2D eigenvalue weighted by atomic mass is 10.1. The van der Waals surface area contributed by atoms with Crippen LogP contribution in [0.15, 0.2) is 53.6 Å². The van der Waals surface area contributed by atoms with Crippen molar-refractivity contribution in [2.24, 2.45) is 0 Å². The third-order valence-electron chi connectivity index (χ3n) is 5.08. The van der Waals surface area contributed by atoms with Crippen LogP contribution in [-0.4, -0.2) is 19.4 Å². The smallest absolute Gasteiger partial charge is 0.271 e. The van der Waals surface area contributed by atoms with Gasteiger partial charge in [-0.1, -0.05) is 12.1 Å². The van der Waals surface area contributed by atoms with Crippen molar-refractivity contribution in [1.82, 2.24) is 9.29 Å². The molecule has 1 unspecified atom stereocenters. The van der Waals surface area contributed by atoms with E-state index in [1.54, 1.807) is 13.1 Å². The summed E-state index contributed by atoms with van der Waals surface area (Å²) in [5.74, 6) is -2.65. The lowest BCUT2D eigenvalue weighted by Crippen LogP contribution is -2.17. The third-order valence-corrected chi connectivity index (χ3v) is 6.77. The summed E-state index contributed by atoms with van der Waals surface area (Å²) in [6.45, 7) is 0. The number of nitrogens with one attached hydrogen (secondary N) is 1. The summed E-state index contributed by atoms with van der Waals surface area (Å²) in [5, 5.41) is 3.11. The SMILES string of the molecule is CNC1CCc2c1cn(S(=O)(=O)c1ccc(F)cc1F)c2-c1ccccc1F. The van der Waals surface area contributed by atoms with E-state index >= 15 is 0 Å². The predicted molar refractivity (Wildman–Crippen MR) is 98.9 cm³/mol. The maximum atomic E-state index is 14.6. The van der Waals surface area contributed by atoms with Gasteiger partial charge in [0.05, 0.1) is 5.69 Å². The first-order chi connectivity index (χ1) is 13.3. The first-order valence-corrected chi connectivity index (χ1v) is 10.2. The van der Waals surface area contributed by atoms with E-state index < -0.39 is 32.4 Å². The van der Waals surface area contributed by atoms with Gasteiger partial charge in [-0.25, -0.2) is 25.6 Å². The number of aromatic nitrogens is 1. The van der Waals surface area contributed by atoms with Crippen LogP contribution in [0, 0.1) is 17.5 Å². The summed E-state index contributed by atoms with van der Waals surface area (Å²) >= 11 is 0. The van der Waals surface area contributed by atoms with Crippen LogP contribution in [-0.2, 0) is 16.4 Å². The molecule has 0 amide bonds. The maximum Gasteiger partial charge on any atom is 0.271 e. The van der Waals surface area contributed by atoms with Gasteiger partial charge in [0.1, 0.15) is 22.3 Å². The Labute approximate surface area is 160 Å². The fourth-order valence-electron chi connectivity index (χ4n) is 3.76. The Morgan fingerprint density at radius 1 is 1.07 bits per heavy atom. The molecule has 0 aliphatic heterocycles. The number of nitrogens with zero attached hydrogens (tertiary/aromatic N) is 1. The predicted octanol–water partition coefficient (Wildman–Crippen LogP) is 4.02. The molecular formula is C20H17F3N2O2S. The first kappa shape index (κ1) is 18.8. The number of hydrogen-bond donors (Lipinski definition) is 1. The van der Waals surface area contributed by atoms with Crippen LogP contribution >= 0.6 is 0 Å². The van der Waals surface area contributed by atoms with Gasteiger partial charge < -0.3 is 5.32 Å². The third kappa shape index (κ3) is 2.84. The molecule has 0 spiro atoms. The van der Waals surface area contributed by atoms with Crippen LogP contribution in [0.3, 0.4) is 0 Å². The molecule has 0 bridgehead atoms. The largest absolute Gasteiger partial charge is 0.313 e. The monoisotopic (exact) mass is 406 g/mol. The molecule has 1 aromatic heterocycles. The highest BCUT2D eigenvalue weighted by Gasteiger charge is 2.34. The molecule has 4 rings (SSSR count). The molecule has 0 fully saturated rings. The Hall–Kier alpha value is -2.58. The van der Waals surface area contributed by atoms with Crippen molar-refractivity contribution in [3.05, 3.63) is 77.2 Å². The molecule has 1 heterocycles. The van der Waals surface area contributed by atoms with Crippen LogP contribution in [0.25, 0.3) is 11.3 Å². The molecule has 1 aliphatic carbocycles. The van der Waals surface area contributed by atoms with Crippen molar-refractivity contribution < 1.29 is 21.6 Å². The molecule has 0 radical (unpaired) electrons. The summed E-state index contributed by atoms with van der Waals surface area (Å²) in [6.07, 6.45) is 2.71. The molecule has 1 N–H and O–H groups in total. The number of halogens is 3. The van der Waals surface area contributed by atoms with Crippen LogP contribution in [0.4, 0.5) is 13.2 Å². The Kier molecular flexibility index (Phi) is 4.55. The summed E-state index contributed by atoms with van der Waals surface area (Å²) in [5.41, 5.74) is 1.73. The van der Waals surface area contributed by atoms with E-state index in [0.29, 0.717) is 18.1 Å². The van der Waals surface area contributed by atoms with Crippen LogP contribution in [0.5, 0.6) is 0 Å². The molecule has 2 aromatic carbocycles. The van der Waals surface area contributed by atoms with Crippen molar-refractivity contribution in [1.29, 1.82) is 0 Å². The molecule has 0 saturated carbocycles. The molecule has 1 aliphatic rings. The zero-order valence-electron chi connectivity index (χ0n) is 14.9. The molecule has 8 heteroatoms. The second-order valence-electron chi connectivity index (χ2n) is 6.65. The minimum absolute atomic E-state index is 0.0879. The van der Waals surface area contributed by atoms with Crippen LogP contribution in [0.2, 0.25) is 0 Å². The van der Waals surface area contributed by atoms with Gasteiger partial charge in [0, 0.05) is 23.9 Å². The second kappa shape index (κ2) is 6.79. The Morgan fingerprint density at radius 2 is 1.82 bits per heavy atom. The van der Waals surface area contributed by atoms with Crippen LogP contribution in [0.1, 0.15) is 23.6 Å². The number of rotatable bonds is 4. The van der Waals surface area contributed by atoms with Crippen molar-refractivity contribution in [3.63, 3.8) is 0 Å². The lowest BCUT2D eigenvalue weighted by Gasteiger charge is -2.14. The highest BCUT2D eigenvalue weighted by atomic mass is 32.2. The van der Waals surface area contributed by atoms with Gasteiger partial charge in [-0.3, -0.25) is 0 Å². The molecule has 1 atom stereocenters. The zero-order valence-corrected chi connectivity index (χ0v) is 15.7. The summed E-state index contributed by atoms with van der Waals surface area (Å²) in [7, 11) is -2.65. The van der Waals surface area contributed by atoms with E-state index in [1.807, 2.05) is 0 Å². The van der Waals surface area contributed by atoms with Gasteiger partial charge in [-0.05, 0) is 55.3 Å². The van der Waals surface area contributed by atoms with Gasteiger partial charge in [0.25, 0.3) is 10.0 Å². The van der Waals surface area contributed by atoms with E-state index in [0.717, 1.165) is 28.1 Å². The average Bonchev–Trinajstić information content (AvgIpc) is 3.21. The molecule has 3 aromatic rings. The van der Waals surface area contributed by atoms with Crippen LogP contribution < -0.4 is 5.32 Å². The van der Waals surface area contributed by atoms with Gasteiger partial charge >= 0.3 is 0 Å². The highest BCUT2D eigenvalue weighted by molar-refractivity contribution is 7.90. The molecular weight excluding hydrogens is 389 g/mol. The van der Waals surface area contributed by atoms with Crippen molar-refractivity contribution >= 4 is 10.0 Å². The van der Waals surface area contributed by atoms with E-state index in [2.05, 4.69) is 5.32 Å². The van der Waals surface area contributed by atoms with Gasteiger partial charge in [0.2, 0.25) is 0 Å². The molecule has 146 valence electrons. The number of hydrogen-bond acceptors (Lipinski definition) is 3. The van der Waals surface area contributed by atoms with Gasteiger partial charge in [-0.15, -0.1) is 0 Å². The van der Waals surface area contributed by atoms with Gasteiger partial charge in [0.15, 0.2) is 0 Å². The molecule has 4 nitrogen and oxygen atoms in total.